The lowest BCUT2D eigenvalue weighted by molar-refractivity contribution is 0.175. The monoisotopic (exact) mass is 305 g/mol. The van der Waals surface area contributed by atoms with E-state index in [0.717, 1.165) is 32.6 Å². The van der Waals surface area contributed by atoms with E-state index in [9.17, 15) is 8.42 Å². The van der Waals surface area contributed by atoms with E-state index in [-0.39, 0.29) is 11.8 Å². The van der Waals surface area contributed by atoms with E-state index in [1.165, 1.54) is 12.7 Å². The van der Waals surface area contributed by atoms with Gasteiger partial charge in [-0.05, 0) is 53.0 Å². The number of likely N-dealkylation sites (N-methyl/N-ethyl adjacent to an activating group) is 2. The van der Waals surface area contributed by atoms with Gasteiger partial charge in [-0.25, -0.2) is 8.42 Å². The predicted molar refractivity (Wildman–Crippen MR) is 84.9 cm³/mol. The molecule has 0 saturated carbocycles. The van der Waals surface area contributed by atoms with Crippen LogP contribution < -0.4 is 5.32 Å². The Morgan fingerprint density at radius 3 is 2.60 bits per heavy atom. The van der Waals surface area contributed by atoms with Crippen molar-refractivity contribution in [1.82, 2.24) is 15.1 Å². The van der Waals surface area contributed by atoms with Gasteiger partial charge in [0, 0.05) is 24.9 Å². The number of nitrogens with one attached hydrogen (secondary N) is 1. The molecule has 0 radical (unpaired) electrons. The second-order valence-corrected chi connectivity index (χ2v) is 8.40. The first-order valence-corrected chi connectivity index (χ1v) is 9.69. The van der Waals surface area contributed by atoms with Gasteiger partial charge in [-0.3, -0.25) is 0 Å². The molecule has 2 unspecified atom stereocenters. The molecule has 120 valence electrons. The second-order valence-electron chi connectivity index (χ2n) is 6.14. The third kappa shape index (κ3) is 6.52. The van der Waals surface area contributed by atoms with Gasteiger partial charge >= 0.3 is 0 Å². The summed E-state index contributed by atoms with van der Waals surface area (Å²) in [4.78, 5) is 4.74. The average Bonchev–Trinajstić information content (AvgIpc) is 2.50. The molecule has 1 saturated heterocycles. The van der Waals surface area contributed by atoms with E-state index >= 15 is 0 Å². The van der Waals surface area contributed by atoms with Gasteiger partial charge in [0.25, 0.3) is 0 Å². The van der Waals surface area contributed by atoms with Crippen molar-refractivity contribution in [2.45, 2.75) is 38.3 Å². The lowest BCUT2D eigenvalue weighted by atomic mass is 10.0. The molecular formula is C14H31N3O2S. The molecule has 0 amide bonds. The zero-order valence-corrected chi connectivity index (χ0v) is 14.2. The molecule has 0 spiro atoms. The number of hydrogen-bond acceptors (Lipinski definition) is 5. The van der Waals surface area contributed by atoms with Crippen LogP contribution in [-0.2, 0) is 9.84 Å². The Morgan fingerprint density at radius 1 is 1.30 bits per heavy atom. The smallest absolute Gasteiger partial charge is 0.147 e. The predicted octanol–water partition coefficient (Wildman–Crippen LogP) is 0.425. The summed E-state index contributed by atoms with van der Waals surface area (Å²) in [6.07, 6.45) is 4.27. The molecule has 0 aromatic heterocycles. The van der Waals surface area contributed by atoms with Crippen LogP contribution in [0.1, 0.15) is 26.2 Å². The maximum absolute atomic E-state index is 11.5. The molecule has 0 aromatic carbocycles. The zero-order valence-electron chi connectivity index (χ0n) is 13.4. The number of sulfone groups is 1. The number of rotatable bonds is 7. The van der Waals surface area contributed by atoms with Gasteiger partial charge in [-0.1, -0.05) is 6.92 Å². The van der Waals surface area contributed by atoms with E-state index in [4.69, 9.17) is 0 Å². The molecule has 1 rings (SSSR count). The molecule has 1 aliphatic heterocycles. The molecular weight excluding hydrogens is 274 g/mol. The number of nitrogens with zero attached hydrogens (tertiary/aromatic N) is 2. The Morgan fingerprint density at radius 2 is 2.00 bits per heavy atom. The van der Waals surface area contributed by atoms with Crippen molar-refractivity contribution in [3.05, 3.63) is 0 Å². The Labute approximate surface area is 124 Å². The highest BCUT2D eigenvalue weighted by Crippen LogP contribution is 2.13. The lowest BCUT2D eigenvalue weighted by Gasteiger charge is -2.35. The Hall–Kier alpha value is -0.170. The highest BCUT2D eigenvalue weighted by atomic mass is 32.2. The fourth-order valence-electron chi connectivity index (χ4n) is 2.84. The van der Waals surface area contributed by atoms with Crippen LogP contribution in [0, 0.1) is 0 Å². The van der Waals surface area contributed by atoms with E-state index in [1.807, 2.05) is 0 Å². The van der Waals surface area contributed by atoms with Crippen LogP contribution in [0.4, 0.5) is 0 Å². The molecule has 1 N–H and O–H groups in total. The summed E-state index contributed by atoms with van der Waals surface area (Å²) in [6.45, 7) is 6.29. The minimum atomic E-state index is -2.90. The summed E-state index contributed by atoms with van der Waals surface area (Å²) >= 11 is 0. The van der Waals surface area contributed by atoms with Crippen LogP contribution >= 0.6 is 0 Å². The SMILES string of the molecule is CCCNC(CCS(C)(=O)=O)C1CN(C)CCCN1C. The van der Waals surface area contributed by atoms with Crippen LogP contribution in [0.3, 0.4) is 0 Å². The molecule has 1 aliphatic rings. The van der Waals surface area contributed by atoms with Crippen molar-refractivity contribution in [2.75, 3.05) is 52.3 Å². The topological polar surface area (TPSA) is 52.7 Å². The fraction of sp³-hybridized carbons (Fsp3) is 1.00. The van der Waals surface area contributed by atoms with Gasteiger partial charge in [-0.2, -0.15) is 0 Å². The summed E-state index contributed by atoms with van der Waals surface area (Å²) < 4.78 is 22.9. The van der Waals surface area contributed by atoms with E-state index in [2.05, 4.69) is 36.1 Å². The van der Waals surface area contributed by atoms with E-state index in [0.29, 0.717) is 12.5 Å². The quantitative estimate of drug-likeness (QED) is 0.739. The van der Waals surface area contributed by atoms with E-state index in [1.54, 1.807) is 0 Å². The molecule has 2 atom stereocenters. The van der Waals surface area contributed by atoms with Crippen molar-refractivity contribution < 1.29 is 8.42 Å². The molecule has 0 aromatic rings. The molecule has 5 nitrogen and oxygen atoms in total. The Balaban J connectivity index is 2.72. The van der Waals surface area contributed by atoms with Crippen molar-refractivity contribution in [3.63, 3.8) is 0 Å². The van der Waals surface area contributed by atoms with Crippen molar-refractivity contribution in [3.8, 4) is 0 Å². The van der Waals surface area contributed by atoms with Crippen molar-refractivity contribution >= 4 is 9.84 Å². The summed E-state index contributed by atoms with van der Waals surface area (Å²) in [5.74, 6) is 0.266. The Kier molecular flexibility index (Phi) is 7.43. The van der Waals surface area contributed by atoms with Crippen LogP contribution in [0.15, 0.2) is 0 Å². The Bertz CT molecular complexity index is 373. The number of hydrogen-bond donors (Lipinski definition) is 1. The van der Waals surface area contributed by atoms with Crippen LogP contribution in [0.25, 0.3) is 0 Å². The third-order valence-corrected chi connectivity index (χ3v) is 5.01. The summed E-state index contributed by atoms with van der Waals surface area (Å²) in [5, 5.41) is 3.56. The van der Waals surface area contributed by atoms with Gasteiger partial charge in [0.05, 0.1) is 5.75 Å². The van der Waals surface area contributed by atoms with Crippen molar-refractivity contribution in [1.29, 1.82) is 0 Å². The summed E-state index contributed by atoms with van der Waals surface area (Å²) in [6, 6.07) is 0.631. The minimum absolute atomic E-state index is 0.246. The average molecular weight is 305 g/mol. The fourth-order valence-corrected chi connectivity index (χ4v) is 3.52. The normalized spacial score (nSPS) is 24.5. The second kappa shape index (κ2) is 8.32. The third-order valence-electron chi connectivity index (χ3n) is 4.04. The standard InChI is InChI=1S/C14H31N3O2S/c1-5-8-15-13(7-11-20(4,18)19)14-12-16(2)9-6-10-17(14)3/h13-15H,5-12H2,1-4H3. The zero-order chi connectivity index (χ0) is 15.2. The first kappa shape index (κ1) is 17.9. The van der Waals surface area contributed by atoms with E-state index < -0.39 is 9.84 Å². The maximum Gasteiger partial charge on any atom is 0.147 e. The van der Waals surface area contributed by atoms with Crippen LogP contribution in [0.5, 0.6) is 0 Å². The van der Waals surface area contributed by atoms with Crippen LogP contribution in [0.2, 0.25) is 0 Å². The van der Waals surface area contributed by atoms with Gasteiger partial charge in [0.1, 0.15) is 9.84 Å². The van der Waals surface area contributed by atoms with Crippen LogP contribution in [-0.4, -0.2) is 82.6 Å². The van der Waals surface area contributed by atoms with Crippen molar-refractivity contribution in [2.24, 2.45) is 0 Å². The molecule has 6 heteroatoms. The summed E-state index contributed by atoms with van der Waals surface area (Å²) in [7, 11) is 1.41. The molecule has 1 heterocycles. The summed E-state index contributed by atoms with van der Waals surface area (Å²) in [5.41, 5.74) is 0. The first-order valence-electron chi connectivity index (χ1n) is 7.63. The molecule has 0 bridgehead atoms. The van der Waals surface area contributed by atoms with Gasteiger partial charge in [-0.15, -0.1) is 0 Å². The molecule has 20 heavy (non-hydrogen) atoms. The minimum Gasteiger partial charge on any atom is -0.312 e. The molecule has 1 fully saturated rings. The molecule has 0 aliphatic carbocycles. The maximum atomic E-state index is 11.5. The lowest BCUT2D eigenvalue weighted by Crippen LogP contribution is -2.53. The highest BCUT2D eigenvalue weighted by molar-refractivity contribution is 7.90. The van der Waals surface area contributed by atoms with Gasteiger partial charge in [0.2, 0.25) is 0 Å². The van der Waals surface area contributed by atoms with Gasteiger partial charge in [0.15, 0.2) is 0 Å². The first-order chi connectivity index (χ1) is 9.33. The van der Waals surface area contributed by atoms with Gasteiger partial charge < -0.3 is 15.1 Å². The highest BCUT2D eigenvalue weighted by Gasteiger charge is 2.28. The largest absolute Gasteiger partial charge is 0.312 e.